The highest BCUT2D eigenvalue weighted by Gasteiger charge is 2.52. The summed E-state index contributed by atoms with van der Waals surface area (Å²) in [4.78, 5) is 0. The van der Waals surface area contributed by atoms with Crippen LogP contribution in [0.5, 0.6) is 0 Å². The summed E-state index contributed by atoms with van der Waals surface area (Å²) >= 11 is 0. The van der Waals surface area contributed by atoms with Gasteiger partial charge < -0.3 is 9.31 Å². The Hall–Kier alpha value is -1.33. The molecule has 0 atom stereocenters. The van der Waals surface area contributed by atoms with Gasteiger partial charge in [-0.15, -0.1) is 0 Å². The number of nitrogens with zero attached hydrogens (tertiary/aromatic N) is 2. The van der Waals surface area contributed by atoms with Gasteiger partial charge in [0.1, 0.15) is 0 Å². The van der Waals surface area contributed by atoms with E-state index in [2.05, 4.69) is 18.3 Å². The maximum Gasteiger partial charge on any atom is 0.495 e. The molecule has 2 rings (SSSR count). The Balaban J connectivity index is 2.53. The van der Waals surface area contributed by atoms with Gasteiger partial charge in [0.15, 0.2) is 0 Å². The summed E-state index contributed by atoms with van der Waals surface area (Å²) in [6, 6.07) is 0. The van der Waals surface area contributed by atoms with Crippen molar-refractivity contribution in [2.24, 2.45) is 7.05 Å². The fourth-order valence-corrected chi connectivity index (χ4v) is 2.01. The van der Waals surface area contributed by atoms with Gasteiger partial charge in [-0.2, -0.15) is 5.10 Å². The van der Waals surface area contributed by atoms with Crippen molar-refractivity contribution in [3.63, 3.8) is 0 Å². The molecular formula is C14H21BN2O2. The zero-order valence-corrected chi connectivity index (χ0v) is 12.4. The molecular weight excluding hydrogens is 239 g/mol. The van der Waals surface area contributed by atoms with Crippen molar-refractivity contribution in [3.05, 3.63) is 29.4 Å². The predicted molar refractivity (Wildman–Crippen MR) is 77.7 cm³/mol. The molecule has 0 radical (unpaired) electrons. The molecule has 2 heterocycles. The van der Waals surface area contributed by atoms with Crippen LogP contribution in [0.25, 0.3) is 12.1 Å². The fourth-order valence-electron chi connectivity index (χ4n) is 2.01. The monoisotopic (exact) mass is 260 g/mol. The van der Waals surface area contributed by atoms with Crippen LogP contribution in [0.1, 0.15) is 27.7 Å². The number of rotatable bonds is 2. The van der Waals surface area contributed by atoms with Crippen molar-refractivity contribution in [2.75, 3.05) is 0 Å². The Morgan fingerprint density at radius 2 is 1.84 bits per heavy atom. The van der Waals surface area contributed by atoms with Crippen LogP contribution in [0.15, 0.2) is 18.9 Å². The molecule has 1 aliphatic rings. The van der Waals surface area contributed by atoms with E-state index in [1.165, 1.54) is 0 Å². The predicted octanol–water partition coefficient (Wildman–Crippen LogP) is 0.798. The average molecular weight is 260 g/mol. The van der Waals surface area contributed by atoms with Crippen LogP contribution in [-0.2, 0) is 16.4 Å². The van der Waals surface area contributed by atoms with Crippen molar-refractivity contribution in [1.29, 1.82) is 0 Å². The molecule has 0 unspecified atom stereocenters. The zero-order chi connectivity index (χ0) is 14.4. The van der Waals surface area contributed by atoms with E-state index in [0.717, 1.165) is 16.0 Å². The minimum atomic E-state index is -0.438. The quantitative estimate of drug-likeness (QED) is 0.738. The van der Waals surface area contributed by atoms with Gasteiger partial charge in [-0.3, -0.25) is 4.68 Å². The third kappa shape index (κ3) is 2.17. The number of aromatic nitrogens is 2. The van der Waals surface area contributed by atoms with Crippen LogP contribution in [0.3, 0.4) is 0 Å². The lowest BCUT2D eigenvalue weighted by Crippen LogP contribution is -2.41. The Bertz CT molecular complexity index is 600. The number of hydrogen-bond donors (Lipinski definition) is 0. The highest BCUT2D eigenvalue weighted by atomic mass is 16.7. The van der Waals surface area contributed by atoms with Gasteiger partial charge in [0.2, 0.25) is 0 Å². The Kier molecular flexibility index (Phi) is 3.23. The van der Waals surface area contributed by atoms with Crippen molar-refractivity contribution in [2.45, 2.75) is 38.9 Å². The summed E-state index contributed by atoms with van der Waals surface area (Å²) in [7, 11) is 1.42. The van der Waals surface area contributed by atoms with E-state index in [9.17, 15) is 0 Å². The standard InChI is InChI=1S/C14H21BN2O2/c1-8-12(11-9-16-17(7)10(11)2)15-18-13(3,4)14(5,6)19-15/h8-9H,1-2H2,3-7H3/b12-11+. The molecule has 0 saturated carbocycles. The Morgan fingerprint density at radius 3 is 2.21 bits per heavy atom. The lowest BCUT2D eigenvalue weighted by molar-refractivity contribution is 0.00578. The molecule has 1 aliphatic heterocycles. The molecule has 5 heteroatoms. The lowest BCUT2D eigenvalue weighted by atomic mass is 9.77. The molecule has 0 aromatic carbocycles. The SMILES string of the molecule is C=C/C(B1OC(C)(C)C(C)(C)O1)=c1/cnn(C)c1=C. The molecule has 1 aromatic rings. The van der Waals surface area contributed by atoms with E-state index < -0.39 is 7.12 Å². The summed E-state index contributed by atoms with van der Waals surface area (Å²) in [5, 5.41) is 5.94. The molecule has 1 fully saturated rings. The van der Waals surface area contributed by atoms with Gasteiger partial charge in [0.25, 0.3) is 0 Å². The van der Waals surface area contributed by atoms with Gasteiger partial charge >= 0.3 is 7.12 Å². The summed E-state index contributed by atoms with van der Waals surface area (Å²) in [6.07, 6.45) is 3.53. The first-order valence-electron chi connectivity index (χ1n) is 6.39. The summed E-state index contributed by atoms with van der Waals surface area (Å²) in [6.45, 7) is 16.0. The molecule has 0 aliphatic carbocycles. The lowest BCUT2D eigenvalue weighted by Gasteiger charge is -2.32. The third-order valence-electron chi connectivity index (χ3n) is 4.10. The van der Waals surface area contributed by atoms with E-state index in [1.807, 2.05) is 34.7 Å². The molecule has 0 amide bonds. The fraction of sp³-hybridized carbons (Fsp3) is 0.500. The number of hydrogen-bond acceptors (Lipinski definition) is 3. The van der Waals surface area contributed by atoms with E-state index in [4.69, 9.17) is 9.31 Å². The average Bonchev–Trinajstić information content (AvgIpc) is 2.70. The highest BCUT2D eigenvalue weighted by Crippen LogP contribution is 2.38. The van der Waals surface area contributed by atoms with Gasteiger partial charge in [-0.05, 0) is 33.2 Å². The molecule has 19 heavy (non-hydrogen) atoms. The van der Waals surface area contributed by atoms with Gasteiger partial charge in [-0.25, -0.2) is 0 Å². The first-order chi connectivity index (χ1) is 8.69. The second-order valence-corrected chi connectivity index (χ2v) is 5.88. The third-order valence-corrected chi connectivity index (χ3v) is 4.10. The maximum atomic E-state index is 6.04. The van der Waals surface area contributed by atoms with Crippen molar-refractivity contribution in [1.82, 2.24) is 9.78 Å². The molecule has 102 valence electrons. The summed E-state index contributed by atoms with van der Waals surface area (Å²) in [5.41, 5.74) is 0.141. The molecule has 1 aromatic heterocycles. The molecule has 4 nitrogen and oxygen atoms in total. The molecule has 0 N–H and O–H groups in total. The zero-order valence-electron chi connectivity index (χ0n) is 12.4. The van der Waals surface area contributed by atoms with Crippen LogP contribution >= 0.6 is 0 Å². The van der Waals surface area contributed by atoms with Gasteiger partial charge in [-0.1, -0.05) is 19.2 Å². The van der Waals surface area contributed by atoms with Crippen molar-refractivity contribution < 1.29 is 9.31 Å². The van der Waals surface area contributed by atoms with E-state index >= 15 is 0 Å². The topological polar surface area (TPSA) is 36.3 Å². The highest BCUT2D eigenvalue weighted by molar-refractivity contribution is 6.68. The van der Waals surface area contributed by atoms with Crippen LogP contribution in [0.2, 0.25) is 0 Å². The summed E-state index contributed by atoms with van der Waals surface area (Å²) < 4.78 is 13.8. The molecule has 1 saturated heterocycles. The largest absolute Gasteiger partial charge is 0.495 e. The normalized spacial score (nSPS) is 22.5. The minimum Gasteiger partial charge on any atom is -0.399 e. The summed E-state index contributed by atoms with van der Waals surface area (Å²) in [5.74, 6) is 0. The van der Waals surface area contributed by atoms with Crippen LogP contribution in [0, 0.1) is 0 Å². The van der Waals surface area contributed by atoms with E-state index in [0.29, 0.717) is 0 Å². The van der Waals surface area contributed by atoms with Crippen LogP contribution < -0.4 is 10.6 Å². The number of allylic oxidation sites excluding steroid dienone is 1. The van der Waals surface area contributed by atoms with E-state index in [-0.39, 0.29) is 11.2 Å². The Morgan fingerprint density at radius 1 is 1.32 bits per heavy atom. The first kappa shape index (κ1) is 14.1. The van der Waals surface area contributed by atoms with E-state index in [1.54, 1.807) is 17.0 Å². The van der Waals surface area contributed by atoms with Crippen LogP contribution in [-0.4, -0.2) is 28.1 Å². The van der Waals surface area contributed by atoms with Crippen LogP contribution in [0.4, 0.5) is 0 Å². The second-order valence-electron chi connectivity index (χ2n) is 5.88. The van der Waals surface area contributed by atoms with Gasteiger partial charge in [0.05, 0.1) is 22.7 Å². The Labute approximate surface area is 114 Å². The number of aryl methyl sites for hydroxylation is 1. The maximum absolute atomic E-state index is 6.04. The van der Waals surface area contributed by atoms with Crippen molar-refractivity contribution in [3.8, 4) is 0 Å². The smallest absolute Gasteiger partial charge is 0.399 e. The van der Waals surface area contributed by atoms with Gasteiger partial charge in [0, 0.05) is 12.3 Å². The molecule has 0 spiro atoms. The minimum absolute atomic E-state index is 0.366. The first-order valence-corrected chi connectivity index (χ1v) is 6.39. The second kappa shape index (κ2) is 4.35. The molecule has 0 bridgehead atoms. The van der Waals surface area contributed by atoms with Crippen molar-refractivity contribution >= 4 is 19.2 Å².